The van der Waals surface area contributed by atoms with E-state index in [-0.39, 0.29) is 15.8 Å². The summed E-state index contributed by atoms with van der Waals surface area (Å²) in [6.07, 6.45) is 0. The molecule has 0 radical (unpaired) electrons. The van der Waals surface area contributed by atoms with E-state index in [1.54, 1.807) is 20.1 Å². The van der Waals surface area contributed by atoms with Gasteiger partial charge in [0, 0.05) is 11.1 Å². The highest BCUT2D eigenvalue weighted by atomic mass is 35.5. The molecule has 2 aromatic carbocycles. The van der Waals surface area contributed by atoms with Crippen LogP contribution in [-0.2, 0) is 10.0 Å². The van der Waals surface area contributed by atoms with E-state index < -0.39 is 16.1 Å². The molecule has 0 unspecified atom stereocenters. The van der Waals surface area contributed by atoms with Crippen molar-refractivity contribution >= 4 is 33.2 Å². The molecular formula is C19H23Cl2NO3S. The summed E-state index contributed by atoms with van der Waals surface area (Å²) in [7, 11) is -2.19. The summed E-state index contributed by atoms with van der Waals surface area (Å²) < 4.78 is 33.7. The topological polar surface area (TPSA) is 55.4 Å². The molecule has 1 atom stereocenters. The van der Waals surface area contributed by atoms with Gasteiger partial charge in [-0.15, -0.1) is 0 Å². The highest BCUT2D eigenvalue weighted by Gasteiger charge is 2.23. The lowest BCUT2D eigenvalue weighted by atomic mass is 9.94. The minimum atomic E-state index is -3.82. The minimum absolute atomic E-state index is 0.0336. The van der Waals surface area contributed by atoms with Crippen LogP contribution in [0.4, 0.5) is 0 Å². The fraction of sp³-hybridized carbons (Fsp3) is 0.368. The van der Waals surface area contributed by atoms with Crippen LogP contribution in [-0.4, -0.2) is 15.5 Å². The van der Waals surface area contributed by atoms with Crippen molar-refractivity contribution < 1.29 is 13.2 Å². The first-order chi connectivity index (χ1) is 12.1. The van der Waals surface area contributed by atoms with Gasteiger partial charge in [-0.25, -0.2) is 13.1 Å². The van der Waals surface area contributed by atoms with Crippen molar-refractivity contribution in [1.82, 2.24) is 4.72 Å². The predicted octanol–water partition coefficient (Wildman–Crippen LogP) is 5.47. The highest BCUT2D eigenvalue weighted by Crippen LogP contribution is 2.33. The molecule has 0 aliphatic heterocycles. The Morgan fingerprint density at radius 3 is 2.27 bits per heavy atom. The van der Waals surface area contributed by atoms with Crippen molar-refractivity contribution in [1.29, 1.82) is 0 Å². The maximum Gasteiger partial charge on any atom is 0.242 e. The molecule has 0 bridgehead atoms. The van der Waals surface area contributed by atoms with E-state index in [0.29, 0.717) is 5.02 Å². The maximum absolute atomic E-state index is 12.8. The third kappa shape index (κ3) is 4.52. The Bertz CT molecular complexity index is 911. The minimum Gasteiger partial charge on any atom is -0.496 e. The molecule has 2 rings (SSSR count). The maximum atomic E-state index is 12.8. The van der Waals surface area contributed by atoms with E-state index in [9.17, 15) is 8.42 Å². The van der Waals surface area contributed by atoms with Crippen molar-refractivity contribution in [2.45, 2.75) is 44.6 Å². The fourth-order valence-corrected chi connectivity index (χ4v) is 4.84. The third-order valence-corrected chi connectivity index (χ3v) is 6.48. The molecule has 0 saturated carbocycles. The van der Waals surface area contributed by atoms with Gasteiger partial charge in [0.2, 0.25) is 10.0 Å². The predicted molar refractivity (Wildman–Crippen MR) is 107 cm³/mol. The molecule has 0 saturated heterocycles. The monoisotopic (exact) mass is 415 g/mol. The second-order valence-electron chi connectivity index (χ2n) is 6.52. The van der Waals surface area contributed by atoms with Crippen LogP contribution in [0, 0.1) is 6.92 Å². The summed E-state index contributed by atoms with van der Waals surface area (Å²) in [5.41, 5.74) is 2.86. The molecule has 0 aliphatic carbocycles. The van der Waals surface area contributed by atoms with Gasteiger partial charge >= 0.3 is 0 Å². The average molecular weight is 416 g/mol. The molecule has 0 amide bonds. The second-order valence-corrected chi connectivity index (χ2v) is 9.05. The molecule has 4 nitrogen and oxygen atoms in total. The quantitative estimate of drug-likeness (QED) is 0.679. The summed E-state index contributed by atoms with van der Waals surface area (Å²) in [6, 6.07) is 7.85. The Morgan fingerprint density at radius 1 is 1.04 bits per heavy atom. The molecule has 7 heteroatoms. The van der Waals surface area contributed by atoms with Crippen molar-refractivity contribution in [3.63, 3.8) is 0 Å². The summed E-state index contributed by atoms with van der Waals surface area (Å²) in [6.45, 7) is 7.86. The molecule has 0 fully saturated rings. The summed E-state index contributed by atoms with van der Waals surface area (Å²) in [5.74, 6) is 1.05. The van der Waals surface area contributed by atoms with Gasteiger partial charge in [0.15, 0.2) is 0 Å². The summed E-state index contributed by atoms with van der Waals surface area (Å²) in [4.78, 5) is -0.0336. The average Bonchev–Trinajstić information content (AvgIpc) is 2.55. The zero-order valence-corrected chi connectivity index (χ0v) is 17.8. The van der Waals surface area contributed by atoms with Crippen LogP contribution in [0.3, 0.4) is 0 Å². The van der Waals surface area contributed by atoms with E-state index in [2.05, 4.69) is 18.6 Å². The first kappa shape index (κ1) is 21.0. The van der Waals surface area contributed by atoms with Crippen LogP contribution in [0.15, 0.2) is 35.2 Å². The van der Waals surface area contributed by atoms with Crippen molar-refractivity contribution in [3.8, 4) is 5.75 Å². The lowest BCUT2D eigenvalue weighted by Gasteiger charge is -2.21. The van der Waals surface area contributed by atoms with E-state index >= 15 is 0 Å². The van der Waals surface area contributed by atoms with Gasteiger partial charge in [-0.2, -0.15) is 0 Å². The van der Waals surface area contributed by atoms with Gasteiger partial charge in [-0.05, 0) is 66.8 Å². The van der Waals surface area contributed by atoms with Gasteiger partial charge < -0.3 is 4.74 Å². The number of rotatable bonds is 6. The molecule has 0 spiro atoms. The van der Waals surface area contributed by atoms with Crippen LogP contribution < -0.4 is 9.46 Å². The van der Waals surface area contributed by atoms with E-state index in [4.69, 9.17) is 27.9 Å². The first-order valence-corrected chi connectivity index (χ1v) is 10.5. The molecular weight excluding hydrogens is 393 g/mol. The molecule has 0 heterocycles. The number of halogens is 2. The molecule has 0 aliphatic rings. The lowest BCUT2D eigenvalue weighted by molar-refractivity contribution is 0.406. The second kappa shape index (κ2) is 8.17. The normalized spacial score (nSPS) is 13.1. The molecule has 0 aromatic heterocycles. The van der Waals surface area contributed by atoms with Crippen LogP contribution >= 0.6 is 23.2 Å². The van der Waals surface area contributed by atoms with Gasteiger partial charge in [0.05, 0.1) is 12.1 Å². The Balaban J connectivity index is 2.42. The Morgan fingerprint density at radius 2 is 1.69 bits per heavy atom. The van der Waals surface area contributed by atoms with Crippen LogP contribution in [0.25, 0.3) is 0 Å². The molecule has 142 valence electrons. The number of aryl methyl sites for hydroxylation is 1. The zero-order valence-electron chi connectivity index (χ0n) is 15.4. The Hall–Kier alpha value is -1.27. The summed E-state index contributed by atoms with van der Waals surface area (Å²) >= 11 is 12.0. The highest BCUT2D eigenvalue weighted by molar-refractivity contribution is 7.89. The molecule has 2 aromatic rings. The van der Waals surface area contributed by atoms with Gasteiger partial charge in [0.25, 0.3) is 0 Å². The number of methoxy groups -OCH3 is 1. The Kier molecular flexibility index (Phi) is 6.61. The molecule has 26 heavy (non-hydrogen) atoms. The Labute approximate surface area is 165 Å². The van der Waals surface area contributed by atoms with Gasteiger partial charge in [-0.3, -0.25) is 0 Å². The van der Waals surface area contributed by atoms with Crippen molar-refractivity contribution in [3.05, 3.63) is 57.1 Å². The number of nitrogens with one attached hydrogen (secondary N) is 1. The molecule has 1 N–H and O–H groups in total. The SMILES string of the molecule is COc1cc(C)c([C@@H](C)NS(=O)(=O)c2cc(Cl)ccc2Cl)cc1C(C)C. The van der Waals surface area contributed by atoms with E-state index in [0.717, 1.165) is 22.4 Å². The summed E-state index contributed by atoms with van der Waals surface area (Å²) in [5, 5.41) is 0.438. The van der Waals surface area contributed by atoms with E-state index in [1.165, 1.54) is 12.1 Å². The number of sulfonamides is 1. The lowest BCUT2D eigenvalue weighted by Crippen LogP contribution is -2.27. The van der Waals surface area contributed by atoms with Crippen molar-refractivity contribution in [2.75, 3.05) is 7.11 Å². The number of benzene rings is 2. The first-order valence-electron chi connectivity index (χ1n) is 8.22. The zero-order chi connectivity index (χ0) is 19.6. The van der Waals surface area contributed by atoms with E-state index in [1.807, 2.05) is 19.1 Å². The largest absolute Gasteiger partial charge is 0.496 e. The fourth-order valence-electron chi connectivity index (χ4n) is 2.85. The smallest absolute Gasteiger partial charge is 0.242 e. The number of hydrogen-bond donors (Lipinski definition) is 1. The van der Waals surface area contributed by atoms with Gasteiger partial charge in [-0.1, -0.05) is 37.0 Å². The van der Waals surface area contributed by atoms with Crippen LogP contribution in [0.5, 0.6) is 5.75 Å². The van der Waals surface area contributed by atoms with Crippen molar-refractivity contribution in [2.24, 2.45) is 0 Å². The van der Waals surface area contributed by atoms with Crippen LogP contribution in [0.2, 0.25) is 10.0 Å². The standard InChI is InChI=1S/C19H23Cl2NO3S/c1-11(2)15-10-16(12(3)8-18(15)25-5)13(4)22-26(23,24)19-9-14(20)6-7-17(19)21/h6-11,13,22H,1-5H3/t13-/m1/s1. The number of ether oxygens (including phenoxy) is 1. The van der Waals surface area contributed by atoms with Crippen LogP contribution in [0.1, 0.15) is 49.4 Å². The third-order valence-electron chi connectivity index (χ3n) is 4.22. The number of hydrogen-bond acceptors (Lipinski definition) is 3. The van der Waals surface area contributed by atoms with Gasteiger partial charge in [0.1, 0.15) is 10.6 Å².